The maximum absolute atomic E-state index is 11.0. The van der Waals surface area contributed by atoms with Crippen LogP contribution in [0.15, 0.2) is 30.3 Å². The Labute approximate surface area is 217 Å². The summed E-state index contributed by atoms with van der Waals surface area (Å²) in [4.78, 5) is 0. The van der Waals surface area contributed by atoms with Crippen LogP contribution >= 0.6 is 0 Å². The van der Waals surface area contributed by atoms with Crippen LogP contribution in [0, 0.1) is 0 Å². The summed E-state index contributed by atoms with van der Waals surface area (Å²) in [7, 11) is 3.03. The predicted octanol–water partition coefficient (Wildman–Crippen LogP) is 1.98. The topological polar surface area (TPSA) is 146 Å². The largest absolute Gasteiger partial charge is 0.493 e. The van der Waals surface area contributed by atoms with Crippen molar-refractivity contribution in [3.8, 4) is 39.9 Å². The van der Waals surface area contributed by atoms with Crippen molar-refractivity contribution in [3.63, 3.8) is 0 Å². The molecule has 0 amide bonds. The van der Waals surface area contributed by atoms with Gasteiger partial charge in [-0.1, -0.05) is 6.07 Å². The van der Waals surface area contributed by atoms with E-state index in [1.54, 1.807) is 25.1 Å². The van der Waals surface area contributed by atoms with Crippen molar-refractivity contribution in [1.82, 2.24) is 0 Å². The van der Waals surface area contributed by atoms with Crippen LogP contribution in [0.4, 0.5) is 0 Å². The van der Waals surface area contributed by atoms with Gasteiger partial charge in [-0.25, -0.2) is 0 Å². The van der Waals surface area contributed by atoms with Crippen molar-refractivity contribution in [3.05, 3.63) is 41.5 Å². The molecule has 202 valence electrons. The van der Waals surface area contributed by atoms with Gasteiger partial charge in [-0.15, -0.1) is 0 Å². The molecule has 3 aromatic rings. The highest BCUT2D eigenvalue weighted by Crippen LogP contribution is 2.51. The van der Waals surface area contributed by atoms with Crippen LogP contribution in [-0.2, 0) is 16.1 Å². The molecule has 2 unspecified atom stereocenters. The second kappa shape index (κ2) is 9.45. The molecule has 6 rings (SSSR count). The Kier molecular flexibility index (Phi) is 6.22. The van der Waals surface area contributed by atoms with Crippen molar-refractivity contribution in [2.45, 2.75) is 50.5 Å². The number of ether oxygens (including phenoxy) is 7. The Bertz CT molecular complexity index is 1390. The average Bonchev–Trinajstić information content (AvgIpc) is 3.55. The number of benzene rings is 3. The Morgan fingerprint density at radius 2 is 1.55 bits per heavy atom. The van der Waals surface area contributed by atoms with Gasteiger partial charge in [-0.05, 0) is 47.7 Å². The van der Waals surface area contributed by atoms with Crippen molar-refractivity contribution >= 4 is 10.8 Å². The minimum Gasteiger partial charge on any atom is -0.493 e. The third-order valence-electron chi connectivity index (χ3n) is 7.24. The molecule has 0 bridgehead atoms. The lowest BCUT2D eigenvalue weighted by molar-refractivity contribution is -0.268. The molecule has 3 aliphatic rings. The Balaban J connectivity index is 1.60. The molecule has 38 heavy (non-hydrogen) atoms. The first-order chi connectivity index (χ1) is 18.3. The normalized spacial score (nSPS) is 27.9. The number of fused-ring (bicyclic) bond motifs is 3. The fourth-order valence-electron chi connectivity index (χ4n) is 5.24. The molecule has 3 heterocycles. The lowest BCUT2D eigenvalue weighted by Crippen LogP contribution is -2.58. The maximum atomic E-state index is 11.0. The lowest BCUT2D eigenvalue weighted by atomic mass is 9.89. The van der Waals surface area contributed by atoms with E-state index in [1.807, 2.05) is 12.1 Å². The molecule has 11 heteroatoms. The van der Waals surface area contributed by atoms with E-state index in [9.17, 15) is 20.4 Å². The van der Waals surface area contributed by atoms with Crippen LogP contribution in [0.5, 0.6) is 28.7 Å². The Morgan fingerprint density at radius 3 is 2.29 bits per heavy atom. The molecular formula is C27H28O11. The van der Waals surface area contributed by atoms with Crippen LogP contribution < -0.4 is 23.7 Å². The van der Waals surface area contributed by atoms with E-state index in [0.29, 0.717) is 50.5 Å². The summed E-state index contributed by atoms with van der Waals surface area (Å²) >= 11 is 0. The standard InChI is InChI=1S/C27H28O11/c1-11-22(28)23(29)24(30)27(37-11)38-25-14-8-18(33-3)17(32-2)7-13(14)20(21-15(25)9-34-26(21)31)12-4-5-16-19(6-12)36-10-35-16/h4-8,11,22-24,26-31H,9-10H2,1-3H3/t11-,22+,23+,24-,26?,27?/m1/s1. The van der Waals surface area contributed by atoms with Crippen molar-refractivity contribution in [2.75, 3.05) is 21.0 Å². The number of aliphatic hydroxyl groups is 4. The van der Waals surface area contributed by atoms with Gasteiger partial charge in [-0.3, -0.25) is 0 Å². The van der Waals surface area contributed by atoms with E-state index >= 15 is 0 Å². The molecule has 4 N–H and O–H groups in total. The predicted molar refractivity (Wildman–Crippen MR) is 131 cm³/mol. The van der Waals surface area contributed by atoms with Gasteiger partial charge in [0.25, 0.3) is 0 Å². The van der Waals surface area contributed by atoms with Crippen LogP contribution in [0.1, 0.15) is 24.3 Å². The minimum atomic E-state index is -1.53. The number of aliphatic hydroxyl groups excluding tert-OH is 4. The first kappa shape index (κ1) is 25.0. The van der Waals surface area contributed by atoms with E-state index < -0.39 is 37.0 Å². The van der Waals surface area contributed by atoms with Gasteiger partial charge in [0.05, 0.1) is 26.9 Å². The van der Waals surface area contributed by atoms with Gasteiger partial charge in [0.15, 0.2) is 29.3 Å². The molecule has 0 radical (unpaired) electrons. The van der Waals surface area contributed by atoms with E-state index in [2.05, 4.69) is 0 Å². The fourth-order valence-corrected chi connectivity index (χ4v) is 5.24. The SMILES string of the molecule is COc1cc2c(OC3O[C@H](C)[C@H](O)[C@H](O)[C@H]3O)c3c(c(-c4ccc5c(c4)OCO5)c2cc1OC)C(O)OC3. The molecule has 3 aromatic carbocycles. The van der Waals surface area contributed by atoms with E-state index in [1.165, 1.54) is 14.2 Å². The highest BCUT2D eigenvalue weighted by molar-refractivity contribution is 6.05. The van der Waals surface area contributed by atoms with Gasteiger partial charge in [-0.2, -0.15) is 0 Å². The monoisotopic (exact) mass is 528 g/mol. The van der Waals surface area contributed by atoms with Crippen molar-refractivity contribution in [1.29, 1.82) is 0 Å². The summed E-state index contributed by atoms with van der Waals surface area (Å²) in [5.41, 5.74) is 2.41. The summed E-state index contributed by atoms with van der Waals surface area (Å²) in [5.74, 6) is 2.33. The Morgan fingerprint density at radius 1 is 0.842 bits per heavy atom. The van der Waals surface area contributed by atoms with Gasteiger partial charge in [0, 0.05) is 16.5 Å². The highest BCUT2D eigenvalue weighted by Gasteiger charge is 2.44. The third kappa shape index (κ3) is 3.82. The summed E-state index contributed by atoms with van der Waals surface area (Å²) in [5, 5.41) is 43.3. The van der Waals surface area contributed by atoms with Crippen LogP contribution in [0.2, 0.25) is 0 Å². The quantitative estimate of drug-likeness (QED) is 0.386. The number of methoxy groups -OCH3 is 2. The third-order valence-corrected chi connectivity index (χ3v) is 7.24. The van der Waals surface area contributed by atoms with Crippen LogP contribution in [0.3, 0.4) is 0 Å². The van der Waals surface area contributed by atoms with Crippen LogP contribution in [-0.4, -0.2) is 72.1 Å². The zero-order valence-electron chi connectivity index (χ0n) is 20.9. The lowest BCUT2D eigenvalue weighted by Gasteiger charge is -2.39. The first-order valence-corrected chi connectivity index (χ1v) is 12.1. The molecule has 0 aliphatic carbocycles. The van der Waals surface area contributed by atoms with Gasteiger partial charge in [0.1, 0.15) is 24.1 Å². The van der Waals surface area contributed by atoms with Gasteiger partial charge in [0.2, 0.25) is 13.1 Å². The summed E-state index contributed by atoms with van der Waals surface area (Å²) in [6.45, 7) is 1.70. The van der Waals surface area contributed by atoms with E-state index in [-0.39, 0.29) is 19.1 Å². The average molecular weight is 529 g/mol. The van der Waals surface area contributed by atoms with E-state index in [0.717, 1.165) is 5.56 Å². The van der Waals surface area contributed by atoms with Crippen molar-refractivity contribution < 1.29 is 53.6 Å². The second-order valence-electron chi connectivity index (χ2n) is 9.38. The molecular weight excluding hydrogens is 500 g/mol. The molecule has 0 spiro atoms. The molecule has 0 saturated carbocycles. The first-order valence-electron chi connectivity index (χ1n) is 12.1. The van der Waals surface area contributed by atoms with Gasteiger partial charge >= 0.3 is 0 Å². The minimum absolute atomic E-state index is 0.0111. The molecule has 1 saturated heterocycles. The van der Waals surface area contributed by atoms with Crippen molar-refractivity contribution in [2.24, 2.45) is 0 Å². The molecule has 0 aromatic heterocycles. The molecule has 11 nitrogen and oxygen atoms in total. The van der Waals surface area contributed by atoms with Crippen LogP contribution in [0.25, 0.3) is 21.9 Å². The second-order valence-corrected chi connectivity index (χ2v) is 9.38. The fraction of sp³-hybridized carbons (Fsp3) is 0.407. The van der Waals surface area contributed by atoms with E-state index in [4.69, 9.17) is 33.2 Å². The summed E-state index contributed by atoms with van der Waals surface area (Å²) < 4.78 is 39.8. The zero-order valence-corrected chi connectivity index (χ0v) is 20.9. The molecule has 3 aliphatic heterocycles. The molecule has 1 fully saturated rings. The summed E-state index contributed by atoms with van der Waals surface area (Å²) in [6, 6.07) is 8.98. The summed E-state index contributed by atoms with van der Waals surface area (Å²) in [6.07, 6.45) is -7.68. The maximum Gasteiger partial charge on any atom is 0.231 e. The Hall–Kier alpha value is -3.32. The smallest absolute Gasteiger partial charge is 0.231 e. The number of hydrogen-bond acceptors (Lipinski definition) is 11. The van der Waals surface area contributed by atoms with Gasteiger partial charge < -0.3 is 53.6 Å². The highest BCUT2D eigenvalue weighted by atomic mass is 16.7. The molecule has 6 atom stereocenters. The number of hydrogen-bond donors (Lipinski definition) is 4. The number of rotatable bonds is 5. The zero-order chi connectivity index (χ0) is 26.7.